The maximum Gasteiger partial charge on any atom is 0.162 e. The van der Waals surface area contributed by atoms with Crippen molar-refractivity contribution in [3.8, 4) is 0 Å². The molecular weight excluding hydrogens is 350 g/mol. The number of rotatable bonds is 7. The molecule has 0 aliphatic heterocycles. The molecule has 0 radical (unpaired) electrons. The van der Waals surface area contributed by atoms with E-state index in [9.17, 15) is 8.78 Å². The van der Waals surface area contributed by atoms with Gasteiger partial charge in [0.1, 0.15) is 5.83 Å². The van der Waals surface area contributed by atoms with Crippen LogP contribution in [0.3, 0.4) is 0 Å². The molecule has 0 saturated heterocycles. The molecule has 0 nitrogen and oxygen atoms in total. The summed E-state index contributed by atoms with van der Waals surface area (Å²) >= 11 is 0. The molecule has 0 amide bonds. The van der Waals surface area contributed by atoms with Crippen molar-refractivity contribution in [2.75, 3.05) is 0 Å². The van der Waals surface area contributed by atoms with E-state index in [-0.39, 0.29) is 5.92 Å². The molecule has 3 rings (SSSR count). The second-order valence-electron chi connectivity index (χ2n) is 9.29. The average Bonchev–Trinajstić information content (AvgIpc) is 2.74. The van der Waals surface area contributed by atoms with Gasteiger partial charge in [-0.2, -0.15) is 0 Å². The fourth-order valence-corrected chi connectivity index (χ4v) is 5.62. The van der Waals surface area contributed by atoms with Gasteiger partial charge in [0.25, 0.3) is 0 Å². The van der Waals surface area contributed by atoms with Crippen LogP contribution in [0.25, 0.3) is 5.83 Å². The Balaban J connectivity index is 1.53. The van der Waals surface area contributed by atoms with Crippen LogP contribution in [0.2, 0.25) is 0 Å². The van der Waals surface area contributed by atoms with Crippen LogP contribution < -0.4 is 0 Å². The van der Waals surface area contributed by atoms with E-state index in [0.29, 0.717) is 5.56 Å². The highest BCUT2D eigenvalue weighted by atomic mass is 19.2. The lowest BCUT2D eigenvalue weighted by molar-refractivity contribution is 0.145. The number of allylic oxidation sites excluding steroid dienone is 1. The summed E-state index contributed by atoms with van der Waals surface area (Å²) in [6.07, 6.45) is 14.0. The molecule has 1 aromatic rings. The molecule has 0 unspecified atom stereocenters. The Morgan fingerprint density at radius 2 is 1.36 bits per heavy atom. The first kappa shape index (κ1) is 21.5. The summed E-state index contributed by atoms with van der Waals surface area (Å²) in [4.78, 5) is 0. The van der Waals surface area contributed by atoms with Crippen LogP contribution in [0, 0.1) is 23.7 Å². The van der Waals surface area contributed by atoms with Gasteiger partial charge in [-0.1, -0.05) is 70.2 Å². The van der Waals surface area contributed by atoms with Crippen molar-refractivity contribution in [3.05, 3.63) is 41.2 Å². The van der Waals surface area contributed by atoms with Crippen molar-refractivity contribution < 1.29 is 8.78 Å². The van der Waals surface area contributed by atoms with Crippen LogP contribution in [0.1, 0.15) is 95.6 Å². The third-order valence-electron chi connectivity index (χ3n) is 7.34. The maximum atomic E-state index is 14.8. The Bertz CT molecular complexity index is 614. The van der Waals surface area contributed by atoms with Gasteiger partial charge in [0.05, 0.1) is 0 Å². The molecule has 2 heteroatoms. The number of hydrogen-bond acceptors (Lipinski definition) is 0. The van der Waals surface area contributed by atoms with Gasteiger partial charge in [-0.25, -0.2) is 8.78 Å². The van der Waals surface area contributed by atoms with E-state index in [4.69, 9.17) is 0 Å². The molecule has 0 heterocycles. The fourth-order valence-electron chi connectivity index (χ4n) is 5.62. The molecule has 2 aliphatic carbocycles. The minimum atomic E-state index is -0.633. The highest BCUT2D eigenvalue weighted by Gasteiger charge is 2.32. The first-order chi connectivity index (χ1) is 13.6. The normalized spacial score (nSPS) is 29.4. The van der Waals surface area contributed by atoms with E-state index in [1.807, 2.05) is 12.1 Å². The maximum absolute atomic E-state index is 14.8. The molecule has 156 valence electrons. The zero-order valence-corrected chi connectivity index (χ0v) is 17.9. The van der Waals surface area contributed by atoms with E-state index in [0.717, 1.165) is 56.3 Å². The van der Waals surface area contributed by atoms with Crippen molar-refractivity contribution in [1.82, 2.24) is 0 Å². The fraction of sp³-hybridized carbons (Fsp3) is 0.692. The van der Waals surface area contributed by atoms with Gasteiger partial charge in [-0.15, -0.1) is 0 Å². The lowest BCUT2D eigenvalue weighted by Gasteiger charge is -2.37. The zero-order valence-electron chi connectivity index (χ0n) is 17.9. The number of benzene rings is 1. The molecule has 0 atom stereocenters. The summed E-state index contributed by atoms with van der Waals surface area (Å²) in [5.41, 5.74) is 1.59. The predicted octanol–water partition coefficient (Wildman–Crippen LogP) is 8.66. The van der Waals surface area contributed by atoms with Crippen molar-refractivity contribution in [2.24, 2.45) is 23.7 Å². The third kappa shape index (κ3) is 5.45. The summed E-state index contributed by atoms with van der Waals surface area (Å²) < 4.78 is 29.5. The van der Waals surface area contributed by atoms with E-state index >= 15 is 0 Å². The number of halogens is 2. The summed E-state index contributed by atoms with van der Waals surface area (Å²) in [7, 11) is 0. The van der Waals surface area contributed by atoms with Crippen molar-refractivity contribution in [2.45, 2.75) is 90.9 Å². The lowest BCUT2D eigenvalue weighted by Crippen LogP contribution is -2.26. The summed E-state index contributed by atoms with van der Waals surface area (Å²) in [5, 5.41) is 0. The van der Waals surface area contributed by atoms with Gasteiger partial charge in [-0.05, 0) is 68.3 Å². The van der Waals surface area contributed by atoms with Crippen LogP contribution in [0.15, 0.2) is 30.1 Å². The van der Waals surface area contributed by atoms with E-state index in [1.54, 1.807) is 12.1 Å². The van der Waals surface area contributed by atoms with Crippen molar-refractivity contribution >= 4 is 5.83 Å². The lowest BCUT2D eigenvalue weighted by atomic mass is 9.68. The minimum Gasteiger partial charge on any atom is -0.208 e. The molecule has 2 aliphatic rings. The smallest absolute Gasteiger partial charge is 0.162 e. The zero-order chi connectivity index (χ0) is 19.9. The molecule has 28 heavy (non-hydrogen) atoms. The Hall–Kier alpha value is -1.18. The van der Waals surface area contributed by atoms with E-state index in [1.165, 1.54) is 44.1 Å². The highest BCUT2D eigenvalue weighted by Crippen LogP contribution is 2.44. The van der Waals surface area contributed by atoms with Gasteiger partial charge in [0, 0.05) is 11.5 Å². The Kier molecular flexibility index (Phi) is 8.11. The quantitative estimate of drug-likeness (QED) is 0.438. The molecule has 0 N–H and O–H groups in total. The first-order valence-electron chi connectivity index (χ1n) is 11.8. The third-order valence-corrected chi connectivity index (χ3v) is 7.34. The molecule has 0 bridgehead atoms. The van der Waals surface area contributed by atoms with Gasteiger partial charge >= 0.3 is 0 Å². The molecule has 2 saturated carbocycles. The second-order valence-corrected chi connectivity index (χ2v) is 9.29. The minimum absolute atomic E-state index is 0.219. The Morgan fingerprint density at radius 1 is 0.786 bits per heavy atom. The SMILES string of the molecule is CCCc1ccc(C(F)=C(F)[C@H]2CC[C@H]([C@H]3CC[C@H](CCC)CC3)CC2)cc1. The van der Waals surface area contributed by atoms with Gasteiger partial charge < -0.3 is 0 Å². The predicted molar refractivity (Wildman–Crippen MR) is 115 cm³/mol. The summed E-state index contributed by atoms with van der Waals surface area (Å²) in [6.45, 7) is 4.41. The summed E-state index contributed by atoms with van der Waals surface area (Å²) in [6, 6.07) is 7.33. The Morgan fingerprint density at radius 3 is 1.89 bits per heavy atom. The molecular formula is C26H38F2. The standard InChI is InChI=1S/C26H38F2/c1-3-5-19-7-11-21(12-8-19)22-15-17-24(18-16-22)26(28)25(27)23-13-9-20(6-4-2)10-14-23/h9-10,13-14,19,21-22,24H,3-8,11-12,15-18H2,1-2H3/t19-,21-,22-,24-. The van der Waals surface area contributed by atoms with Crippen LogP contribution in [-0.2, 0) is 6.42 Å². The highest BCUT2D eigenvalue weighted by molar-refractivity contribution is 5.61. The van der Waals surface area contributed by atoms with Gasteiger partial charge in [-0.3, -0.25) is 0 Å². The monoisotopic (exact) mass is 388 g/mol. The van der Waals surface area contributed by atoms with Crippen molar-refractivity contribution in [3.63, 3.8) is 0 Å². The topological polar surface area (TPSA) is 0 Å². The van der Waals surface area contributed by atoms with E-state index in [2.05, 4.69) is 13.8 Å². The number of aryl methyl sites for hydroxylation is 1. The second kappa shape index (κ2) is 10.6. The Labute approximate surface area is 170 Å². The molecule has 2 fully saturated rings. The van der Waals surface area contributed by atoms with Crippen molar-refractivity contribution in [1.29, 1.82) is 0 Å². The van der Waals surface area contributed by atoms with Crippen LogP contribution >= 0.6 is 0 Å². The first-order valence-corrected chi connectivity index (χ1v) is 11.8. The summed E-state index contributed by atoms with van der Waals surface area (Å²) in [5.74, 6) is 1.15. The molecule has 1 aromatic carbocycles. The van der Waals surface area contributed by atoms with E-state index < -0.39 is 11.7 Å². The molecule has 0 aromatic heterocycles. The average molecular weight is 389 g/mol. The van der Waals surface area contributed by atoms with Crippen LogP contribution in [0.4, 0.5) is 8.78 Å². The largest absolute Gasteiger partial charge is 0.208 e. The molecule has 0 spiro atoms. The van der Waals surface area contributed by atoms with Crippen LogP contribution in [-0.4, -0.2) is 0 Å². The van der Waals surface area contributed by atoms with Gasteiger partial charge in [0.2, 0.25) is 0 Å². The van der Waals surface area contributed by atoms with Gasteiger partial charge in [0.15, 0.2) is 5.83 Å². The van der Waals surface area contributed by atoms with Crippen LogP contribution in [0.5, 0.6) is 0 Å². The number of hydrogen-bond donors (Lipinski definition) is 0.